The van der Waals surface area contributed by atoms with Crippen molar-refractivity contribution in [2.45, 2.75) is 47.5 Å². The van der Waals surface area contributed by atoms with Crippen LogP contribution in [0.3, 0.4) is 0 Å². The fourth-order valence-corrected chi connectivity index (χ4v) is 3.21. The van der Waals surface area contributed by atoms with E-state index >= 15 is 0 Å². The van der Waals surface area contributed by atoms with Crippen LogP contribution in [0.25, 0.3) is 0 Å². The quantitative estimate of drug-likeness (QED) is 0.817. The normalized spacial score (nSPS) is 10.8. The number of hydrogen-bond donors (Lipinski definition) is 1. The Morgan fingerprint density at radius 1 is 1.00 bits per heavy atom. The maximum absolute atomic E-state index is 12.4. The molecule has 0 bridgehead atoms. The maximum Gasteiger partial charge on any atom is 0.251 e. The van der Waals surface area contributed by atoms with Gasteiger partial charge in [0.1, 0.15) is 0 Å². The fourth-order valence-electron chi connectivity index (χ4n) is 3.21. The van der Waals surface area contributed by atoms with E-state index in [1.165, 1.54) is 0 Å². The molecule has 0 heterocycles. The Morgan fingerprint density at radius 2 is 1.70 bits per heavy atom. The van der Waals surface area contributed by atoms with Crippen LogP contribution in [0.1, 0.15) is 59.3 Å². The number of hydrogen-bond acceptors (Lipinski definition) is 2. The first-order valence-corrected chi connectivity index (χ1v) is 9.45. The number of benzene rings is 2. The predicted molar refractivity (Wildman–Crippen MR) is 112 cm³/mol. The number of nitrogens with one attached hydrogen (secondary N) is 1. The Hall–Kier alpha value is -2.62. The molecule has 0 unspecified atom stereocenters. The molecule has 2 rings (SSSR count). The van der Waals surface area contributed by atoms with Gasteiger partial charge in [-0.1, -0.05) is 38.1 Å². The third-order valence-electron chi connectivity index (χ3n) is 4.93. The summed E-state index contributed by atoms with van der Waals surface area (Å²) in [6.07, 6.45) is 0. The molecule has 0 spiro atoms. The fraction of sp³-hybridized carbons (Fsp3) is 0.391. The number of anilines is 1. The lowest BCUT2D eigenvalue weighted by Gasteiger charge is -2.27. The van der Waals surface area contributed by atoms with Gasteiger partial charge in [0.2, 0.25) is 5.91 Å². The van der Waals surface area contributed by atoms with Gasteiger partial charge in [0.25, 0.3) is 5.91 Å². The molecular weight excluding hydrogens is 336 g/mol. The molecule has 27 heavy (non-hydrogen) atoms. The van der Waals surface area contributed by atoms with E-state index in [-0.39, 0.29) is 11.8 Å². The number of carbonyl (C=O) groups is 2. The largest absolute Gasteiger partial charge is 0.350 e. The monoisotopic (exact) mass is 366 g/mol. The summed E-state index contributed by atoms with van der Waals surface area (Å²) >= 11 is 0. The van der Waals surface area contributed by atoms with Crippen molar-refractivity contribution < 1.29 is 9.59 Å². The van der Waals surface area contributed by atoms with Crippen molar-refractivity contribution in [3.05, 3.63) is 64.2 Å². The molecule has 1 N–H and O–H groups in total. The van der Waals surface area contributed by atoms with Crippen LogP contribution in [0.15, 0.2) is 36.4 Å². The first-order valence-electron chi connectivity index (χ1n) is 9.45. The van der Waals surface area contributed by atoms with Crippen molar-refractivity contribution in [3.8, 4) is 0 Å². The Bertz CT molecular complexity index is 840. The van der Waals surface area contributed by atoms with Gasteiger partial charge in [-0.2, -0.15) is 0 Å². The van der Waals surface area contributed by atoms with Crippen LogP contribution in [-0.2, 0) is 4.79 Å². The standard InChI is InChI=1S/C23H30N2O2/c1-15(2)21-9-7-8-17(4)22(21)25(19(6)26)13-12-24-23(27)20-11-10-16(3)18(5)14-20/h7-11,14-15H,12-13H2,1-6H3,(H,24,27). The zero-order valence-corrected chi connectivity index (χ0v) is 17.2. The van der Waals surface area contributed by atoms with E-state index in [0.717, 1.165) is 27.9 Å². The van der Waals surface area contributed by atoms with Crippen LogP contribution in [0.4, 0.5) is 5.69 Å². The summed E-state index contributed by atoms with van der Waals surface area (Å²) in [5.74, 6) is 0.175. The predicted octanol–water partition coefficient (Wildman–Crippen LogP) is 4.52. The summed E-state index contributed by atoms with van der Waals surface area (Å²) in [7, 11) is 0. The second-order valence-electron chi connectivity index (χ2n) is 7.39. The van der Waals surface area contributed by atoms with Gasteiger partial charge in [-0.15, -0.1) is 0 Å². The van der Waals surface area contributed by atoms with Crippen LogP contribution < -0.4 is 10.2 Å². The van der Waals surface area contributed by atoms with Gasteiger partial charge in [0.05, 0.1) is 5.69 Å². The summed E-state index contributed by atoms with van der Waals surface area (Å²) in [5, 5.41) is 2.94. The van der Waals surface area contributed by atoms with Crippen LogP contribution in [0.2, 0.25) is 0 Å². The minimum absolute atomic E-state index is 0.0216. The second-order valence-corrected chi connectivity index (χ2v) is 7.39. The van der Waals surface area contributed by atoms with E-state index in [1.807, 2.05) is 51.1 Å². The van der Waals surface area contributed by atoms with Crippen molar-refractivity contribution in [1.82, 2.24) is 5.32 Å². The molecule has 144 valence electrons. The van der Waals surface area contributed by atoms with Crippen molar-refractivity contribution in [2.24, 2.45) is 0 Å². The van der Waals surface area contributed by atoms with Crippen molar-refractivity contribution in [3.63, 3.8) is 0 Å². The summed E-state index contributed by atoms with van der Waals surface area (Å²) in [5.41, 5.74) is 6.07. The molecule has 4 nitrogen and oxygen atoms in total. The second kappa shape index (κ2) is 8.85. The van der Waals surface area contributed by atoms with Crippen molar-refractivity contribution >= 4 is 17.5 Å². The van der Waals surface area contributed by atoms with Gasteiger partial charge in [-0.3, -0.25) is 9.59 Å². The molecule has 0 fully saturated rings. The number of amides is 2. The lowest BCUT2D eigenvalue weighted by Crippen LogP contribution is -2.38. The Kier molecular flexibility index (Phi) is 6.78. The van der Waals surface area contributed by atoms with Crippen LogP contribution in [-0.4, -0.2) is 24.9 Å². The third kappa shape index (κ3) is 4.97. The SMILES string of the molecule is CC(=O)N(CCNC(=O)c1ccc(C)c(C)c1)c1c(C)cccc1C(C)C. The van der Waals surface area contributed by atoms with Gasteiger partial charge >= 0.3 is 0 Å². The highest BCUT2D eigenvalue weighted by molar-refractivity contribution is 5.95. The average Bonchev–Trinajstić information content (AvgIpc) is 2.60. The first-order chi connectivity index (χ1) is 12.7. The zero-order valence-electron chi connectivity index (χ0n) is 17.2. The van der Waals surface area contributed by atoms with E-state index < -0.39 is 0 Å². The topological polar surface area (TPSA) is 49.4 Å². The van der Waals surface area contributed by atoms with E-state index in [1.54, 1.807) is 11.8 Å². The van der Waals surface area contributed by atoms with Gasteiger partial charge in [-0.05, 0) is 61.1 Å². The third-order valence-corrected chi connectivity index (χ3v) is 4.93. The van der Waals surface area contributed by atoms with Gasteiger partial charge < -0.3 is 10.2 Å². The molecular formula is C23H30N2O2. The minimum Gasteiger partial charge on any atom is -0.350 e. The van der Waals surface area contributed by atoms with E-state index in [4.69, 9.17) is 0 Å². The van der Waals surface area contributed by atoms with Crippen LogP contribution >= 0.6 is 0 Å². The molecule has 0 radical (unpaired) electrons. The van der Waals surface area contributed by atoms with Crippen LogP contribution in [0, 0.1) is 20.8 Å². The smallest absolute Gasteiger partial charge is 0.251 e. The molecule has 2 aromatic carbocycles. The van der Waals surface area contributed by atoms with Crippen molar-refractivity contribution in [1.29, 1.82) is 0 Å². The number of aryl methyl sites for hydroxylation is 3. The molecule has 0 aromatic heterocycles. The molecule has 0 saturated heterocycles. The lowest BCUT2D eigenvalue weighted by molar-refractivity contribution is -0.116. The summed E-state index contributed by atoms with van der Waals surface area (Å²) in [6, 6.07) is 11.8. The highest BCUT2D eigenvalue weighted by Crippen LogP contribution is 2.30. The van der Waals surface area contributed by atoms with E-state index in [9.17, 15) is 9.59 Å². The number of rotatable bonds is 6. The summed E-state index contributed by atoms with van der Waals surface area (Å²) < 4.78 is 0. The molecule has 0 atom stereocenters. The Balaban J connectivity index is 2.13. The highest BCUT2D eigenvalue weighted by Gasteiger charge is 2.19. The number of para-hydroxylation sites is 1. The molecule has 2 amide bonds. The molecule has 2 aromatic rings. The Morgan fingerprint density at radius 3 is 2.30 bits per heavy atom. The molecule has 0 aliphatic rings. The summed E-state index contributed by atoms with van der Waals surface area (Å²) in [6.45, 7) is 12.7. The molecule has 4 heteroatoms. The highest BCUT2D eigenvalue weighted by atomic mass is 16.2. The van der Waals surface area contributed by atoms with Gasteiger partial charge in [0, 0.05) is 25.6 Å². The zero-order chi connectivity index (χ0) is 20.1. The summed E-state index contributed by atoms with van der Waals surface area (Å²) in [4.78, 5) is 26.5. The van der Waals surface area contributed by atoms with E-state index in [2.05, 4.69) is 25.2 Å². The van der Waals surface area contributed by atoms with Crippen LogP contribution in [0.5, 0.6) is 0 Å². The molecule has 0 aliphatic heterocycles. The van der Waals surface area contributed by atoms with Crippen molar-refractivity contribution in [2.75, 3.05) is 18.0 Å². The molecule has 0 aliphatic carbocycles. The van der Waals surface area contributed by atoms with Gasteiger partial charge in [0.15, 0.2) is 0 Å². The average molecular weight is 367 g/mol. The maximum atomic E-state index is 12.4. The first kappa shape index (κ1) is 20.7. The lowest BCUT2D eigenvalue weighted by atomic mass is 9.97. The minimum atomic E-state index is -0.115. The van der Waals surface area contributed by atoms with E-state index in [0.29, 0.717) is 24.6 Å². The number of nitrogens with zero attached hydrogens (tertiary/aromatic N) is 1. The number of carbonyl (C=O) groups excluding carboxylic acids is 2. The van der Waals surface area contributed by atoms with Gasteiger partial charge in [-0.25, -0.2) is 0 Å². The molecule has 0 saturated carbocycles. The Labute approximate surface area is 162 Å².